The first-order valence-electron chi connectivity index (χ1n) is 9.58. The van der Waals surface area contributed by atoms with Gasteiger partial charge in [-0.2, -0.15) is 0 Å². The Morgan fingerprint density at radius 1 is 1.18 bits per heavy atom. The molecule has 28 heavy (non-hydrogen) atoms. The zero-order valence-electron chi connectivity index (χ0n) is 17.0. The van der Waals surface area contributed by atoms with Crippen LogP contribution in [0, 0.1) is 0 Å². The molecule has 1 aromatic heterocycles. The quantitative estimate of drug-likeness (QED) is 0.643. The molecule has 1 heterocycles. The molecule has 0 saturated carbocycles. The SMILES string of the molecule is CCc1ccc(C(CNC(=O)Cc2coc3cc(OC)ccc23)N(C)C)cc1. The Kier molecular flexibility index (Phi) is 6.37. The monoisotopic (exact) mass is 380 g/mol. The molecule has 5 nitrogen and oxygen atoms in total. The van der Waals surface area contributed by atoms with Gasteiger partial charge in [0, 0.05) is 23.6 Å². The van der Waals surface area contributed by atoms with Gasteiger partial charge in [0.05, 0.1) is 25.8 Å². The van der Waals surface area contributed by atoms with Crippen molar-refractivity contribution in [3.8, 4) is 5.75 Å². The van der Waals surface area contributed by atoms with E-state index >= 15 is 0 Å². The number of benzene rings is 2. The maximum Gasteiger partial charge on any atom is 0.224 e. The Balaban J connectivity index is 1.65. The van der Waals surface area contributed by atoms with Gasteiger partial charge in [0.1, 0.15) is 11.3 Å². The third kappa shape index (κ3) is 4.54. The summed E-state index contributed by atoms with van der Waals surface area (Å²) in [4.78, 5) is 14.7. The highest BCUT2D eigenvalue weighted by atomic mass is 16.5. The number of amides is 1. The van der Waals surface area contributed by atoms with Crippen molar-refractivity contribution in [3.63, 3.8) is 0 Å². The zero-order valence-corrected chi connectivity index (χ0v) is 17.0. The van der Waals surface area contributed by atoms with Crippen LogP contribution in [-0.2, 0) is 17.6 Å². The lowest BCUT2D eigenvalue weighted by Crippen LogP contribution is -2.35. The van der Waals surface area contributed by atoms with Gasteiger partial charge < -0.3 is 19.4 Å². The van der Waals surface area contributed by atoms with Gasteiger partial charge in [-0.05, 0) is 43.8 Å². The summed E-state index contributed by atoms with van der Waals surface area (Å²) in [6.07, 6.45) is 2.96. The summed E-state index contributed by atoms with van der Waals surface area (Å²) < 4.78 is 10.8. The Hall–Kier alpha value is -2.79. The molecular weight excluding hydrogens is 352 g/mol. The van der Waals surface area contributed by atoms with Gasteiger partial charge in [-0.3, -0.25) is 4.79 Å². The largest absolute Gasteiger partial charge is 0.497 e. The van der Waals surface area contributed by atoms with Crippen molar-refractivity contribution >= 4 is 16.9 Å². The molecule has 0 saturated heterocycles. The van der Waals surface area contributed by atoms with Crippen molar-refractivity contribution in [2.75, 3.05) is 27.7 Å². The molecule has 1 amide bonds. The summed E-state index contributed by atoms with van der Waals surface area (Å²) in [6, 6.07) is 14.4. The topological polar surface area (TPSA) is 54.7 Å². The summed E-state index contributed by atoms with van der Waals surface area (Å²) in [7, 11) is 5.68. The number of ether oxygens (including phenoxy) is 1. The molecule has 0 radical (unpaired) electrons. The lowest BCUT2D eigenvalue weighted by atomic mass is 10.0. The maximum atomic E-state index is 12.5. The maximum absolute atomic E-state index is 12.5. The molecule has 0 fully saturated rings. The lowest BCUT2D eigenvalue weighted by molar-refractivity contribution is -0.120. The minimum absolute atomic E-state index is 0.0180. The Morgan fingerprint density at radius 3 is 2.57 bits per heavy atom. The normalized spacial score (nSPS) is 12.3. The summed E-state index contributed by atoms with van der Waals surface area (Å²) in [5.74, 6) is 0.719. The third-order valence-electron chi connectivity index (χ3n) is 5.10. The highest BCUT2D eigenvalue weighted by Gasteiger charge is 2.17. The zero-order chi connectivity index (χ0) is 20.1. The standard InChI is InChI=1S/C23H28N2O3/c1-5-16-6-8-17(9-7-16)21(25(2)3)14-24-23(26)12-18-15-28-22-13-19(27-4)10-11-20(18)22/h6-11,13,15,21H,5,12,14H2,1-4H3,(H,24,26). The van der Waals surface area contributed by atoms with Gasteiger partial charge in [0.2, 0.25) is 5.91 Å². The molecule has 0 spiro atoms. The fourth-order valence-corrected chi connectivity index (χ4v) is 3.35. The van der Waals surface area contributed by atoms with E-state index in [2.05, 4.69) is 41.4 Å². The van der Waals surface area contributed by atoms with Gasteiger partial charge in [-0.15, -0.1) is 0 Å². The molecular formula is C23H28N2O3. The summed E-state index contributed by atoms with van der Waals surface area (Å²) >= 11 is 0. The molecule has 1 atom stereocenters. The minimum atomic E-state index is -0.0180. The Bertz CT molecular complexity index is 929. The van der Waals surface area contributed by atoms with E-state index in [-0.39, 0.29) is 18.4 Å². The van der Waals surface area contributed by atoms with E-state index in [1.165, 1.54) is 11.1 Å². The van der Waals surface area contributed by atoms with Crippen LogP contribution in [0.1, 0.15) is 29.7 Å². The molecule has 1 unspecified atom stereocenters. The van der Waals surface area contributed by atoms with Crippen LogP contribution in [0.2, 0.25) is 0 Å². The second kappa shape index (κ2) is 8.93. The fraction of sp³-hybridized carbons (Fsp3) is 0.348. The predicted molar refractivity (Wildman–Crippen MR) is 112 cm³/mol. The molecule has 2 aromatic carbocycles. The van der Waals surface area contributed by atoms with Crippen LogP contribution in [0.5, 0.6) is 5.75 Å². The van der Waals surface area contributed by atoms with Crippen molar-refractivity contribution in [1.82, 2.24) is 10.2 Å². The van der Waals surface area contributed by atoms with Crippen LogP contribution in [0.25, 0.3) is 11.0 Å². The van der Waals surface area contributed by atoms with Crippen LogP contribution < -0.4 is 10.1 Å². The Labute approximate surface area is 166 Å². The molecule has 0 aliphatic carbocycles. The summed E-state index contributed by atoms with van der Waals surface area (Å²) in [6.45, 7) is 2.70. The second-order valence-corrected chi connectivity index (χ2v) is 7.18. The van der Waals surface area contributed by atoms with Crippen molar-refractivity contribution < 1.29 is 13.9 Å². The van der Waals surface area contributed by atoms with Crippen LogP contribution >= 0.6 is 0 Å². The van der Waals surface area contributed by atoms with Gasteiger partial charge in [0.15, 0.2) is 0 Å². The first kappa shape index (κ1) is 20.0. The second-order valence-electron chi connectivity index (χ2n) is 7.18. The van der Waals surface area contributed by atoms with E-state index in [9.17, 15) is 4.79 Å². The smallest absolute Gasteiger partial charge is 0.224 e. The van der Waals surface area contributed by atoms with Gasteiger partial charge >= 0.3 is 0 Å². The Morgan fingerprint density at radius 2 is 1.93 bits per heavy atom. The molecule has 3 aromatic rings. The van der Waals surface area contributed by atoms with E-state index in [0.717, 1.165) is 28.7 Å². The van der Waals surface area contributed by atoms with Crippen molar-refractivity contribution in [3.05, 3.63) is 65.4 Å². The first-order chi connectivity index (χ1) is 13.5. The number of aryl methyl sites for hydroxylation is 1. The predicted octanol–water partition coefficient (Wildman–Crippen LogP) is 3.97. The van der Waals surface area contributed by atoms with Crippen LogP contribution in [0.4, 0.5) is 0 Å². The molecule has 0 aliphatic rings. The van der Waals surface area contributed by atoms with Gasteiger partial charge in [-0.1, -0.05) is 31.2 Å². The molecule has 5 heteroatoms. The summed E-state index contributed by atoms with van der Waals surface area (Å²) in [5.41, 5.74) is 4.12. The van der Waals surface area contributed by atoms with Crippen LogP contribution in [0.15, 0.2) is 53.1 Å². The number of hydrogen-bond donors (Lipinski definition) is 1. The van der Waals surface area contributed by atoms with Crippen LogP contribution in [0.3, 0.4) is 0 Å². The highest BCUT2D eigenvalue weighted by molar-refractivity contribution is 5.88. The third-order valence-corrected chi connectivity index (χ3v) is 5.10. The number of carbonyl (C=O) groups excluding carboxylic acids is 1. The van der Waals surface area contributed by atoms with E-state index in [1.54, 1.807) is 13.4 Å². The van der Waals surface area contributed by atoms with Gasteiger partial charge in [-0.25, -0.2) is 0 Å². The molecule has 0 aliphatic heterocycles. The van der Waals surface area contributed by atoms with Crippen molar-refractivity contribution in [2.24, 2.45) is 0 Å². The van der Waals surface area contributed by atoms with E-state index in [1.807, 2.05) is 32.3 Å². The molecule has 1 N–H and O–H groups in total. The summed E-state index contributed by atoms with van der Waals surface area (Å²) in [5, 5.41) is 4.01. The van der Waals surface area contributed by atoms with Crippen LogP contribution in [-0.4, -0.2) is 38.6 Å². The van der Waals surface area contributed by atoms with E-state index in [4.69, 9.17) is 9.15 Å². The fourth-order valence-electron chi connectivity index (χ4n) is 3.35. The number of likely N-dealkylation sites (N-methyl/N-ethyl adjacent to an activating group) is 1. The number of fused-ring (bicyclic) bond motifs is 1. The number of rotatable bonds is 8. The average molecular weight is 380 g/mol. The number of furan rings is 1. The lowest BCUT2D eigenvalue weighted by Gasteiger charge is -2.25. The van der Waals surface area contributed by atoms with Crippen molar-refractivity contribution in [2.45, 2.75) is 25.8 Å². The number of nitrogens with one attached hydrogen (secondary N) is 1. The van der Waals surface area contributed by atoms with Crippen molar-refractivity contribution in [1.29, 1.82) is 0 Å². The number of methoxy groups -OCH3 is 1. The first-order valence-corrected chi connectivity index (χ1v) is 9.58. The number of nitrogens with zero attached hydrogens (tertiary/aromatic N) is 1. The average Bonchev–Trinajstić information content (AvgIpc) is 3.10. The minimum Gasteiger partial charge on any atom is -0.497 e. The molecule has 0 bridgehead atoms. The van der Waals surface area contributed by atoms with E-state index < -0.39 is 0 Å². The van der Waals surface area contributed by atoms with Gasteiger partial charge in [0.25, 0.3) is 0 Å². The van der Waals surface area contributed by atoms with E-state index in [0.29, 0.717) is 6.54 Å². The molecule has 3 rings (SSSR count). The molecule has 148 valence electrons. The number of carbonyl (C=O) groups is 1. The highest BCUT2D eigenvalue weighted by Crippen LogP contribution is 2.26. The number of hydrogen-bond acceptors (Lipinski definition) is 4.